The van der Waals surface area contributed by atoms with E-state index >= 15 is 0 Å². The van der Waals surface area contributed by atoms with Gasteiger partial charge in [0.1, 0.15) is 41.9 Å². The van der Waals surface area contributed by atoms with Gasteiger partial charge in [-0.1, -0.05) is 0 Å². The average molecular weight is 412 g/mol. The molecule has 3 aromatic rings. The third kappa shape index (κ3) is 3.15. The molecule has 8 heteroatoms. The van der Waals surface area contributed by atoms with Crippen LogP contribution in [0.5, 0.6) is 5.75 Å². The zero-order chi connectivity index (χ0) is 21.0. The number of benzene rings is 1. The first-order valence-corrected chi connectivity index (χ1v) is 10.2. The molecule has 2 fully saturated rings. The van der Waals surface area contributed by atoms with E-state index in [0.717, 1.165) is 16.7 Å². The van der Waals surface area contributed by atoms with Crippen molar-refractivity contribution >= 4 is 11.0 Å². The lowest BCUT2D eigenvalue weighted by Crippen LogP contribution is -2.33. The second-order valence-electron chi connectivity index (χ2n) is 8.40. The Morgan fingerprint density at radius 2 is 2.03 bits per heavy atom. The van der Waals surface area contributed by atoms with Crippen molar-refractivity contribution in [2.75, 3.05) is 0 Å². The van der Waals surface area contributed by atoms with Gasteiger partial charge in [-0.25, -0.2) is 14.4 Å². The highest BCUT2D eigenvalue weighted by Crippen LogP contribution is 2.46. The SMILES string of the molecule is Cc1ncnc2c1ccn2[C@@H]1C[C@H](Oc2ccc(F)cc2CN)[C@H]2OC(C)(C)O[C@H]21. The van der Waals surface area contributed by atoms with Crippen molar-refractivity contribution in [1.29, 1.82) is 0 Å². The van der Waals surface area contributed by atoms with E-state index in [9.17, 15) is 4.39 Å². The van der Waals surface area contributed by atoms with Crippen LogP contribution in [0.1, 0.15) is 37.6 Å². The number of halogens is 1. The van der Waals surface area contributed by atoms with E-state index in [1.807, 2.05) is 33.0 Å². The van der Waals surface area contributed by atoms with E-state index in [0.29, 0.717) is 17.7 Å². The van der Waals surface area contributed by atoms with E-state index in [-0.39, 0.29) is 36.7 Å². The molecule has 4 atom stereocenters. The Morgan fingerprint density at radius 1 is 1.23 bits per heavy atom. The predicted molar refractivity (Wildman–Crippen MR) is 108 cm³/mol. The first-order valence-electron chi connectivity index (χ1n) is 10.2. The van der Waals surface area contributed by atoms with Gasteiger partial charge in [-0.2, -0.15) is 0 Å². The maximum Gasteiger partial charge on any atom is 0.164 e. The summed E-state index contributed by atoms with van der Waals surface area (Å²) in [5.74, 6) is -0.476. The van der Waals surface area contributed by atoms with E-state index < -0.39 is 5.79 Å². The molecule has 158 valence electrons. The molecule has 2 N–H and O–H groups in total. The van der Waals surface area contributed by atoms with Gasteiger partial charge in [0.2, 0.25) is 0 Å². The number of ether oxygens (including phenoxy) is 3. The largest absolute Gasteiger partial charge is 0.487 e. The summed E-state index contributed by atoms with van der Waals surface area (Å²) >= 11 is 0. The number of fused-ring (bicyclic) bond motifs is 2. The van der Waals surface area contributed by atoms with Crippen molar-refractivity contribution in [3.05, 3.63) is 53.9 Å². The second-order valence-corrected chi connectivity index (χ2v) is 8.40. The molecule has 5 rings (SSSR count). The topological polar surface area (TPSA) is 84.4 Å². The van der Waals surface area contributed by atoms with Gasteiger partial charge < -0.3 is 24.5 Å². The summed E-state index contributed by atoms with van der Waals surface area (Å²) < 4.78 is 34.6. The smallest absolute Gasteiger partial charge is 0.164 e. The molecule has 1 aliphatic heterocycles. The van der Waals surface area contributed by atoms with Crippen LogP contribution in [0.15, 0.2) is 36.8 Å². The van der Waals surface area contributed by atoms with Crippen molar-refractivity contribution in [1.82, 2.24) is 14.5 Å². The van der Waals surface area contributed by atoms with Crippen molar-refractivity contribution in [2.24, 2.45) is 5.73 Å². The molecule has 1 aliphatic carbocycles. The zero-order valence-corrected chi connectivity index (χ0v) is 17.2. The lowest BCUT2D eigenvalue weighted by Gasteiger charge is -2.25. The van der Waals surface area contributed by atoms with Gasteiger partial charge >= 0.3 is 0 Å². The highest BCUT2D eigenvalue weighted by molar-refractivity contribution is 5.78. The summed E-state index contributed by atoms with van der Waals surface area (Å²) in [6.45, 7) is 5.98. The van der Waals surface area contributed by atoms with Crippen LogP contribution in [0.3, 0.4) is 0 Å². The lowest BCUT2D eigenvalue weighted by atomic mass is 10.2. The molecule has 30 heavy (non-hydrogen) atoms. The van der Waals surface area contributed by atoms with Gasteiger partial charge in [0, 0.05) is 30.1 Å². The molecular weight excluding hydrogens is 387 g/mol. The number of aromatic nitrogens is 3. The van der Waals surface area contributed by atoms with Crippen LogP contribution in [0.2, 0.25) is 0 Å². The molecule has 1 saturated carbocycles. The number of aryl methyl sites for hydroxylation is 1. The number of hydrogen-bond donors (Lipinski definition) is 1. The molecule has 7 nitrogen and oxygen atoms in total. The number of hydrogen-bond acceptors (Lipinski definition) is 6. The molecular formula is C22H25FN4O3. The molecule has 3 heterocycles. The van der Waals surface area contributed by atoms with Gasteiger partial charge in [-0.05, 0) is 45.0 Å². The van der Waals surface area contributed by atoms with Crippen LogP contribution < -0.4 is 10.5 Å². The number of nitrogens with two attached hydrogens (primary N) is 1. The number of rotatable bonds is 4. The predicted octanol–water partition coefficient (Wildman–Crippen LogP) is 3.25. The Kier molecular flexibility index (Phi) is 4.53. The first kappa shape index (κ1) is 19.4. The van der Waals surface area contributed by atoms with Crippen LogP contribution >= 0.6 is 0 Å². The minimum Gasteiger partial charge on any atom is -0.487 e. The molecule has 2 aromatic heterocycles. The standard InChI is InChI=1S/C22H25FN4O3/c1-12-15-6-7-27(21(15)26-11-25-12)16-9-18(20-19(16)29-22(2,3)30-20)28-17-5-4-14(23)8-13(17)10-24/h4-8,11,16,18-20H,9-10,24H2,1-3H3/t16-,18+,19+,20-/m1/s1. The van der Waals surface area contributed by atoms with Gasteiger partial charge in [0.25, 0.3) is 0 Å². The van der Waals surface area contributed by atoms with Gasteiger partial charge in [-0.15, -0.1) is 0 Å². The Bertz CT molecular complexity index is 1100. The molecule has 0 radical (unpaired) electrons. The summed E-state index contributed by atoms with van der Waals surface area (Å²) in [4.78, 5) is 8.79. The Labute approximate surface area is 174 Å². The Hall–Kier alpha value is -2.55. The summed E-state index contributed by atoms with van der Waals surface area (Å²) in [6, 6.07) is 6.43. The van der Waals surface area contributed by atoms with E-state index in [4.69, 9.17) is 19.9 Å². The maximum absolute atomic E-state index is 13.6. The Morgan fingerprint density at radius 3 is 2.83 bits per heavy atom. The Balaban J connectivity index is 1.51. The fourth-order valence-electron chi connectivity index (χ4n) is 4.65. The lowest BCUT2D eigenvalue weighted by molar-refractivity contribution is -0.163. The number of nitrogens with zero attached hydrogens (tertiary/aromatic N) is 3. The summed E-state index contributed by atoms with van der Waals surface area (Å²) in [5, 5.41) is 1.01. The highest BCUT2D eigenvalue weighted by Gasteiger charge is 2.56. The first-order chi connectivity index (χ1) is 14.4. The average Bonchev–Trinajstić information content (AvgIpc) is 3.35. The molecule has 0 bridgehead atoms. The van der Waals surface area contributed by atoms with E-state index in [2.05, 4.69) is 14.5 Å². The van der Waals surface area contributed by atoms with Crippen molar-refractivity contribution in [3.8, 4) is 5.75 Å². The van der Waals surface area contributed by atoms with Crippen LogP contribution in [-0.4, -0.2) is 38.6 Å². The van der Waals surface area contributed by atoms with Gasteiger partial charge in [0.15, 0.2) is 5.79 Å². The van der Waals surface area contributed by atoms with Crippen LogP contribution in [0, 0.1) is 12.7 Å². The fraction of sp³-hybridized carbons (Fsp3) is 0.455. The quantitative estimate of drug-likeness (QED) is 0.708. The van der Waals surface area contributed by atoms with Crippen LogP contribution in [0.25, 0.3) is 11.0 Å². The minimum absolute atomic E-state index is 0.0182. The van der Waals surface area contributed by atoms with E-state index in [1.165, 1.54) is 12.1 Å². The molecule has 1 aromatic carbocycles. The summed E-state index contributed by atoms with van der Waals surface area (Å²) in [7, 11) is 0. The maximum atomic E-state index is 13.6. The van der Waals surface area contributed by atoms with E-state index in [1.54, 1.807) is 12.4 Å². The fourth-order valence-corrected chi connectivity index (χ4v) is 4.65. The van der Waals surface area contributed by atoms with Crippen LogP contribution in [0.4, 0.5) is 4.39 Å². The summed E-state index contributed by atoms with van der Waals surface area (Å²) in [6.07, 6.45) is 3.54. The summed E-state index contributed by atoms with van der Waals surface area (Å²) in [5.41, 5.74) is 8.23. The minimum atomic E-state index is -0.719. The zero-order valence-electron chi connectivity index (χ0n) is 17.2. The normalized spacial score (nSPS) is 27.5. The highest BCUT2D eigenvalue weighted by atomic mass is 19.1. The molecule has 1 saturated heterocycles. The van der Waals surface area contributed by atoms with Crippen molar-refractivity contribution < 1.29 is 18.6 Å². The second kappa shape index (κ2) is 7.01. The molecule has 2 aliphatic rings. The van der Waals surface area contributed by atoms with Gasteiger partial charge in [0.05, 0.1) is 11.7 Å². The van der Waals surface area contributed by atoms with Crippen molar-refractivity contribution in [2.45, 2.75) is 63.9 Å². The van der Waals surface area contributed by atoms with Gasteiger partial charge in [-0.3, -0.25) is 0 Å². The third-order valence-electron chi connectivity index (χ3n) is 5.97. The van der Waals surface area contributed by atoms with Crippen molar-refractivity contribution in [3.63, 3.8) is 0 Å². The third-order valence-corrected chi connectivity index (χ3v) is 5.97. The molecule has 0 spiro atoms. The monoisotopic (exact) mass is 412 g/mol. The molecule has 0 amide bonds. The van der Waals surface area contributed by atoms with Crippen LogP contribution in [-0.2, 0) is 16.0 Å². The molecule has 0 unspecified atom stereocenters.